The fourth-order valence-electron chi connectivity index (χ4n) is 2.42. The lowest BCUT2D eigenvalue weighted by atomic mass is 10.1. The molecule has 0 spiro atoms. The second-order valence-corrected chi connectivity index (χ2v) is 6.90. The zero-order valence-electron chi connectivity index (χ0n) is 15.0. The highest BCUT2D eigenvalue weighted by atomic mass is 32.2. The Morgan fingerprint density at radius 1 is 1.16 bits per heavy atom. The molecule has 0 aliphatic heterocycles. The van der Waals surface area contributed by atoms with Gasteiger partial charge in [0.1, 0.15) is 10.9 Å². The van der Waals surface area contributed by atoms with E-state index in [2.05, 4.69) is 16.0 Å². The first-order valence-electron chi connectivity index (χ1n) is 8.10. The van der Waals surface area contributed by atoms with Gasteiger partial charge in [0.25, 0.3) is 0 Å². The Labute approximate surface area is 153 Å². The molecule has 5 nitrogen and oxygen atoms in total. The largest absolute Gasteiger partial charge is 0.311 e. The molecule has 1 aromatic carbocycles. The number of carbonyl (C=O) groups is 1. The van der Waals surface area contributed by atoms with Crippen LogP contribution in [-0.4, -0.2) is 28.2 Å². The summed E-state index contributed by atoms with van der Waals surface area (Å²) in [7, 11) is 0. The number of amides is 1. The van der Waals surface area contributed by atoms with Crippen molar-refractivity contribution in [3.63, 3.8) is 0 Å². The molecule has 2 rings (SSSR count). The van der Waals surface area contributed by atoms with Crippen molar-refractivity contribution in [2.45, 2.75) is 39.1 Å². The molecule has 130 valence electrons. The van der Waals surface area contributed by atoms with Gasteiger partial charge in [-0.2, -0.15) is 5.26 Å². The number of anilines is 1. The Bertz CT molecular complexity index is 793. The van der Waals surface area contributed by atoms with Crippen LogP contribution in [0.1, 0.15) is 29.1 Å². The minimum atomic E-state index is -0.0302. The molecule has 0 aliphatic rings. The zero-order valence-corrected chi connectivity index (χ0v) is 15.9. The smallest absolute Gasteiger partial charge is 0.237 e. The highest BCUT2D eigenvalue weighted by Gasteiger charge is 2.17. The van der Waals surface area contributed by atoms with E-state index in [-0.39, 0.29) is 11.7 Å². The van der Waals surface area contributed by atoms with Crippen LogP contribution in [0.2, 0.25) is 0 Å². The number of aromatic nitrogens is 2. The maximum absolute atomic E-state index is 12.7. The second-order valence-electron chi connectivity index (χ2n) is 5.91. The van der Waals surface area contributed by atoms with Gasteiger partial charge in [0.2, 0.25) is 5.91 Å². The van der Waals surface area contributed by atoms with Crippen LogP contribution in [0.3, 0.4) is 0 Å². The third kappa shape index (κ3) is 5.30. The molecule has 1 amide bonds. The van der Waals surface area contributed by atoms with Crippen molar-refractivity contribution in [1.82, 2.24) is 9.97 Å². The van der Waals surface area contributed by atoms with Crippen molar-refractivity contribution in [2.75, 3.05) is 17.2 Å². The normalized spacial score (nSPS) is 10.4. The number of nitriles is 1. The van der Waals surface area contributed by atoms with E-state index >= 15 is 0 Å². The molecule has 0 radical (unpaired) electrons. The predicted octanol–water partition coefficient (Wildman–Crippen LogP) is 3.75. The van der Waals surface area contributed by atoms with Crippen LogP contribution in [0.25, 0.3) is 0 Å². The molecule has 0 atom stereocenters. The Kier molecular flexibility index (Phi) is 6.54. The fraction of sp³-hybridized carbons (Fsp3) is 0.368. The summed E-state index contributed by atoms with van der Waals surface area (Å²) in [5.74, 6) is 0.941. The van der Waals surface area contributed by atoms with Crippen LogP contribution in [-0.2, 0) is 4.79 Å². The number of rotatable bonds is 6. The van der Waals surface area contributed by atoms with Crippen LogP contribution in [0, 0.1) is 39.0 Å². The summed E-state index contributed by atoms with van der Waals surface area (Å²) >= 11 is 1.40. The average molecular weight is 354 g/mol. The molecule has 0 aliphatic carbocycles. The highest BCUT2D eigenvalue weighted by molar-refractivity contribution is 7.99. The van der Waals surface area contributed by atoms with E-state index < -0.39 is 0 Å². The third-order valence-electron chi connectivity index (χ3n) is 3.84. The molecule has 1 heterocycles. The number of carbonyl (C=O) groups excluding carboxylic acids is 1. The monoisotopic (exact) mass is 354 g/mol. The number of nitrogens with zero attached hydrogens (tertiary/aromatic N) is 4. The molecule has 6 heteroatoms. The van der Waals surface area contributed by atoms with Crippen molar-refractivity contribution in [1.29, 1.82) is 5.26 Å². The van der Waals surface area contributed by atoms with Crippen molar-refractivity contribution in [3.05, 3.63) is 46.9 Å². The molecule has 0 unspecified atom stereocenters. The molecule has 0 saturated carbocycles. The van der Waals surface area contributed by atoms with Gasteiger partial charge in [0.15, 0.2) is 0 Å². The van der Waals surface area contributed by atoms with Crippen LogP contribution in [0.5, 0.6) is 0 Å². The van der Waals surface area contributed by atoms with Crippen LogP contribution in [0.4, 0.5) is 5.69 Å². The number of hydrogen-bond donors (Lipinski definition) is 0. The SMILES string of the molecule is Cc1cc(SCC(=O)N(CCC#N)c2ccc(C)c(C)c2)nc(C)n1. The fourth-order valence-corrected chi connectivity index (χ4v) is 3.30. The molecular weight excluding hydrogens is 332 g/mol. The summed E-state index contributed by atoms with van der Waals surface area (Å²) in [6.07, 6.45) is 0.301. The topological polar surface area (TPSA) is 69.9 Å². The lowest BCUT2D eigenvalue weighted by Crippen LogP contribution is -2.33. The van der Waals surface area contributed by atoms with E-state index in [1.165, 1.54) is 17.3 Å². The molecule has 0 bridgehead atoms. The van der Waals surface area contributed by atoms with Gasteiger partial charge in [-0.05, 0) is 57.0 Å². The summed E-state index contributed by atoms with van der Waals surface area (Å²) in [4.78, 5) is 23.0. The van der Waals surface area contributed by atoms with Crippen molar-refractivity contribution in [3.8, 4) is 6.07 Å². The maximum Gasteiger partial charge on any atom is 0.237 e. The van der Waals surface area contributed by atoms with Gasteiger partial charge in [-0.25, -0.2) is 9.97 Å². The lowest BCUT2D eigenvalue weighted by molar-refractivity contribution is -0.116. The number of aryl methyl sites for hydroxylation is 4. The second kappa shape index (κ2) is 8.63. The molecule has 2 aromatic rings. The highest BCUT2D eigenvalue weighted by Crippen LogP contribution is 2.22. The van der Waals surface area contributed by atoms with E-state index in [1.807, 2.05) is 52.0 Å². The zero-order chi connectivity index (χ0) is 18.4. The van der Waals surface area contributed by atoms with Crippen LogP contribution in [0.15, 0.2) is 29.3 Å². The molecule has 25 heavy (non-hydrogen) atoms. The van der Waals surface area contributed by atoms with Gasteiger partial charge in [0, 0.05) is 17.9 Å². The predicted molar refractivity (Wildman–Crippen MR) is 101 cm³/mol. The number of hydrogen-bond acceptors (Lipinski definition) is 5. The standard InChI is InChI=1S/C19H22N4OS/c1-13-6-7-17(10-14(13)2)23(9-5-8-20)19(24)12-25-18-11-15(3)21-16(4)22-18/h6-7,10-11H,5,9,12H2,1-4H3. The average Bonchev–Trinajstić information content (AvgIpc) is 2.55. The Morgan fingerprint density at radius 2 is 1.92 bits per heavy atom. The van der Waals surface area contributed by atoms with Gasteiger partial charge >= 0.3 is 0 Å². The molecule has 1 aromatic heterocycles. The van der Waals surface area contributed by atoms with Gasteiger partial charge in [-0.3, -0.25) is 4.79 Å². The third-order valence-corrected chi connectivity index (χ3v) is 4.73. The maximum atomic E-state index is 12.7. The summed E-state index contributed by atoms with van der Waals surface area (Å²) in [6, 6.07) is 9.92. The van der Waals surface area contributed by atoms with E-state index in [4.69, 9.17) is 5.26 Å². The van der Waals surface area contributed by atoms with Crippen LogP contribution < -0.4 is 4.90 Å². The van der Waals surface area contributed by atoms with Crippen molar-refractivity contribution < 1.29 is 4.79 Å². The van der Waals surface area contributed by atoms with Gasteiger partial charge < -0.3 is 4.90 Å². The van der Waals surface area contributed by atoms with E-state index in [0.29, 0.717) is 18.8 Å². The first-order chi connectivity index (χ1) is 11.9. The number of benzene rings is 1. The first-order valence-corrected chi connectivity index (χ1v) is 9.09. The molecule has 0 fully saturated rings. The first kappa shape index (κ1) is 18.9. The van der Waals surface area contributed by atoms with E-state index in [1.54, 1.807) is 4.90 Å². The van der Waals surface area contributed by atoms with E-state index in [9.17, 15) is 4.79 Å². The van der Waals surface area contributed by atoms with Crippen LogP contribution >= 0.6 is 11.8 Å². The minimum Gasteiger partial charge on any atom is -0.311 e. The summed E-state index contributed by atoms with van der Waals surface area (Å²) in [5, 5.41) is 9.69. The van der Waals surface area contributed by atoms with Gasteiger partial charge in [0.05, 0.1) is 18.2 Å². The number of thioether (sulfide) groups is 1. The Morgan fingerprint density at radius 3 is 2.56 bits per heavy atom. The Hall–Kier alpha value is -2.39. The van der Waals surface area contributed by atoms with Crippen molar-refractivity contribution in [2.24, 2.45) is 0 Å². The summed E-state index contributed by atoms with van der Waals surface area (Å²) < 4.78 is 0. The van der Waals surface area contributed by atoms with Gasteiger partial charge in [-0.1, -0.05) is 17.8 Å². The molecule has 0 saturated heterocycles. The summed E-state index contributed by atoms with van der Waals surface area (Å²) in [6.45, 7) is 8.20. The lowest BCUT2D eigenvalue weighted by Gasteiger charge is -2.22. The Balaban J connectivity index is 2.15. The quantitative estimate of drug-likeness (QED) is 0.584. The van der Waals surface area contributed by atoms with E-state index in [0.717, 1.165) is 22.0 Å². The van der Waals surface area contributed by atoms with Crippen molar-refractivity contribution >= 4 is 23.4 Å². The minimum absolute atomic E-state index is 0.0302. The summed E-state index contributed by atoms with van der Waals surface area (Å²) in [5.41, 5.74) is 4.02. The molecule has 0 N–H and O–H groups in total. The van der Waals surface area contributed by atoms with Gasteiger partial charge in [-0.15, -0.1) is 0 Å². The molecular formula is C19H22N4OS.